The Labute approximate surface area is 180 Å². The van der Waals surface area contributed by atoms with Crippen LogP contribution in [0.15, 0.2) is 54.6 Å². The summed E-state index contributed by atoms with van der Waals surface area (Å²) in [6.45, 7) is 11.4. The van der Waals surface area contributed by atoms with Crippen LogP contribution in [0.3, 0.4) is 0 Å². The zero-order valence-corrected chi connectivity index (χ0v) is 18.3. The van der Waals surface area contributed by atoms with Gasteiger partial charge in [-0.15, -0.1) is 0 Å². The van der Waals surface area contributed by atoms with E-state index < -0.39 is 0 Å². The van der Waals surface area contributed by atoms with Gasteiger partial charge >= 0.3 is 6.03 Å². The standard InChI is InChI=1S/C25H34N4O/c1-3-27-17-19-28(20-18-27)23-12-8-7-11-22(23)26-24(30)29-15-13-25(2,14-16-29)21-9-5-4-6-10-21/h4-12H,3,13-20H2,1-2H3,(H,26,30). The predicted octanol–water partition coefficient (Wildman–Crippen LogP) is 4.41. The number of benzene rings is 2. The molecule has 2 fully saturated rings. The molecule has 0 atom stereocenters. The Morgan fingerprint density at radius 2 is 1.53 bits per heavy atom. The molecule has 2 aliphatic rings. The Morgan fingerprint density at radius 1 is 0.900 bits per heavy atom. The Balaban J connectivity index is 1.38. The van der Waals surface area contributed by atoms with E-state index in [1.165, 1.54) is 5.56 Å². The number of likely N-dealkylation sites (N-methyl/N-ethyl adjacent to an activating group) is 1. The minimum atomic E-state index is 0.0183. The molecule has 4 rings (SSSR count). The average molecular weight is 407 g/mol. The van der Waals surface area contributed by atoms with E-state index >= 15 is 0 Å². The number of amides is 2. The summed E-state index contributed by atoms with van der Waals surface area (Å²) in [4.78, 5) is 19.9. The molecule has 2 aromatic carbocycles. The van der Waals surface area contributed by atoms with Gasteiger partial charge in [-0.1, -0.05) is 56.3 Å². The highest BCUT2D eigenvalue weighted by molar-refractivity contribution is 5.93. The normalized spacial score (nSPS) is 19.5. The van der Waals surface area contributed by atoms with E-state index in [-0.39, 0.29) is 11.4 Å². The second-order valence-corrected chi connectivity index (χ2v) is 8.78. The first-order chi connectivity index (χ1) is 14.6. The third-order valence-corrected chi connectivity index (χ3v) is 6.93. The lowest BCUT2D eigenvalue weighted by atomic mass is 9.74. The van der Waals surface area contributed by atoms with E-state index in [0.29, 0.717) is 0 Å². The molecule has 2 aliphatic heterocycles. The van der Waals surface area contributed by atoms with Gasteiger partial charge in [-0.3, -0.25) is 0 Å². The fourth-order valence-corrected chi connectivity index (χ4v) is 4.69. The van der Waals surface area contributed by atoms with Crippen molar-refractivity contribution in [3.05, 3.63) is 60.2 Å². The number of carbonyl (C=O) groups is 1. The number of hydrogen-bond donors (Lipinski definition) is 1. The van der Waals surface area contributed by atoms with Gasteiger partial charge in [-0.05, 0) is 42.5 Å². The SMILES string of the molecule is CCN1CCN(c2ccccc2NC(=O)N2CCC(C)(c3ccccc3)CC2)CC1. The number of nitrogens with zero attached hydrogens (tertiary/aromatic N) is 3. The Kier molecular flexibility index (Phi) is 6.28. The van der Waals surface area contributed by atoms with Crippen LogP contribution in [0, 0.1) is 0 Å². The van der Waals surface area contributed by atoms with E-state index in [2.05, 4.69) is 71.4 Å². The fraction of sp³-hybridized carbons (Fsp3) is 0.480. The predicted molar refractivity (Wildman–Crippen MR) is 124 cm³/mol. The van der Waals surface area contributed by atoms with Crippen molar-refractivity contribution in [3.8, 4) is 0 Å². The van der Waals surface area contributed by atoms with Crippen molar-refractivity contribution in [1.82, 2.24) is 9.80 Å². The number of piperazine rings is 1. The lowest BCUT2D eigenvalue weighted by Crippen LogP contribution is -2.47. The second-order valence-electron chi connectivity index (χ2n) is 8.78. The second kappa shape index (κ2) is 9.09. The first kappa shape index (κ1) is 20.7. The van der Waals surface area contributed by atoms with Gasteiger partial charge in [0.15, 0.2) is 0 Å². The molecule has 2 amide bonds. The lowest BCUT2D eigenvalue weighted by Gasteiger charge is -2.40. The van der Waals surface area contributed by atoms with Crippen LogP contribution >= 0.6 is 0 Å². The summed E-state index contributed by atoms with van der Waals surface area (Å²) in [6.07, 6.45) is 1.98. The van der Waals surface area contributed by atoms with E-state index in [1.54, 1.807) is 0 Å². The first-order valence-electron chi connectivity index (χ1n) is 11.3. The minimum Gasteiger partial charge on any atom is -0.367 e. The van der Waals surface area contributed by atoms with Gasteiger partial charge < -0.3 is 20.0 Å². The summed E-state index contributed by atoms with van der Waals surface area (Å²) in [7, 11) is 0. The van der Waals surface area contributed by atoms with Crippen molar-refractivity contribution in [1.29, 1.82) is 0 Å². The molecule has 0 aromatic heterocycles. The zero-order valence-electron chi connectivity index (χ0n) is 18.3. The molecule has 30 heavy (non-hydrogen) atoms. The van der Waals surface area contributed by atoms with Crippen LogP contribution < -0.4 is 10.2 Å². The summed E-state index contributed by atoms with van der Waals surface area (Å²) < 4.78 is 0. The Morgan fingerprint density at radius 3 is 2.20 bits per heavy atom. The fourth-order valence-electron chi connectivity index (χ4n) is 4.69. The van der Waals surface area contributed by atoms with Gasteiger partial charge in [0.05, 0.1) is 11.4 Å². The van der Waals surface area contributed by atoms with Gasteiger partial charge in [0.1, 0.15) is 0 Å². The highest BCUT2D eigenvalue weighted by Crippen LogP contribution is 2.35. The van der Waals surface area contributed by atoms with Crippen LogP contribution in [0.5, 0.6) is 0 Å². The molecule has 0 spiro atoms. The summed E-state index contributed by atoms with van der Waals surface area (Å²) >= 11 is 0. The molecule has 0 unspecified atom stereocenters. The van der Waals surface area contributed by atoms with Crippen LogP contribution in [0.1, 0.15) is 32.3 Å². The molecule has 0 radical (unpaired) electrons. The van der Waals surface area contributed by atoms with Gasteiger partial charge in [0.2, 0.25) is 0 Å². The van der Waals surface area contributed by atoms with Crippen molar-refractivity contribution in [2.75, 3.05) is 56.0 Å². The van der Waals surface area contributed by atoms with Crippen LogP contribution in [-0.2, 0) is 5.41 Å². The van der Waals surface area contributed by atoms with Gasteiger partial charge in [0, 0.05) is 39.3 Å². The number of likely N-dealkylation sites (tertiary alicyclic amines) is 1. The minimum absolute atomic E-state index is 0.0183. The maximum absolute atomic E-state index is 13.0. The largest absolute Gasteiger partial charge is 0.367 e. The molecule has 5 heteroatoms. The van der Waals surface area contributed by atoms with Crippen molar-refractivity contribution < 1.29 is 4.79 Å². The highest BCUT2D eigenvalue weighted by atomic mass is 16.2. The van der Waals surface area contributed by atoms with Crippen LogP contribution in [0.4, 0.5) is 16.2 Å². The molecular weight excluding hydrogens is 372 g/mol. The number of para-hydroxylation sites is 2. The molecule has 2 saturated heterocycles. The van der Waals surface area contributed by atoms with E-state index in [4.69, 9.17) is 0 Å². The molecule has 1 N–H and O–H groups in total. The van der Waals surface area contributed by atoms with Crippen LogP contribution in [0.2, 0.25) is 0 Å². The number of urea groups is 1. The van der Waals surface area contributed by atoms with Gasteiger partial charge in [-0.2, -0.15) is 0 Å². The van der Waals surface area contributed by atoms with Gasteiger partial charge in [-0.25, -0.2) is 4.79 Å². The van der Waals surface area contributed by atoms with E-state index in [0.717, 1.165) is 70.0 Å². The van der Waals surface area contributed by atoms with Gasteiger partial charge in [0.25, 0.3) is 0 Å². The molecule has 0 saturated carbocycles. The van der Waals surface area contributed by atoms with Crippen molar-refractivity contribution >= 4 is 17.4 Å². The van der Waals surface area contributed by atoms with Crippen LogP contribution in [-0.4, -0.2) is 61.6 Å². The van der Waals surface area contributed by atoms with E-state index in [9.17, 15) is 4.79 Å². The summed E-state index contributed by atoms with van der Waals surface area (Å²) in [6, 6.07) is 18.9. The summed E-state index contributed by atoms with van der Waals surface area (Å²) in [5.41, 5.74) is 3.58. The zero-order chi connectivity index (χ0) is 21.0. The lowest BCUT2D eigenvalue weighted by molar-refractivity contribution is 0.174. The summed E-state index contributed by atoms with van der Waals surface area (Å²) in [5.74, 6) is 0. The first-order valence-corrected chi connectivity index (χ1v) is 11.3. The Hall–Kier alpha value is -2.53. The quantitative estimate of drug-likeness (QED) is 0.817. The summed E-state index contributed by atoms with van der Waals surface area (Å²) in [5, 5.41) is 3.20. The average Bonchev–Trinajstić information content (AvgIpc) is 2.80. The molecular formula is C25H34N4O. The molecule has 2 aromatic rings. The van der Waals surface area contributed by atoms with Crippen molar-refractivity contribution in [2.24, 2.45) is 0 Å². The molecule has 5 nitrogen and oxygen atoms in total. The maximum Gasteiger partial charge on any atom is 0.321 e. The number of nitrogens with one attached hydrogen (secondary N) is 1. The molecule has 2 heterocycles. The van der Waals surface area contributed by atoms with Crippen molar-refractivity contribution in [2.45, 2.75) is 32.1 Å². The van der Waals surface area contributed by atoms with Crippen LogP contribution in [0.25, 0.3) is 0 Å². The third-order valence-electron chi connectivity index (χ3n) is 6.93. The monoisotopic (exact) mass is 406 g/mol. The van der Waals surface area contributed by atoms with Crippen molar-refractivity contribution in [3.63, 3.8) is 0 Å². The number of carbonyl (C=O) groups excluding carboxylic acids is 1. The molecule has 0 bridgehead atoms. The maximum atomic E-state index is 13.0. The number of rotatable bonds is 4. The number of hydrogen-bond acceptors (Lipinski definition) is 3. The van der Waals surface area contributed by atoms with E-state index in [1.807, 2.05) is 17.0 Å². The third kappa shape index (κ3) is 4.46. The highest BCUT2D eigenvalue weighted by Gasteiger charge is 2.33. The molecule has 0 aliphatic carbocycles. The Bertz CT molecular complexity index is 837. The number of anilines is 2. The molecule has 160 valence electrons. The topological polar surface area (TPSA) is 38.8 Å². The smallest absolute Gasteiger partial charge is 0.321 e. The number of piperidine rings is 1.